The summed E-state index contributed by atoms with van der Waals surface area (Å²) in [7, 11) is 0. The van der Waals surface area contributed by atoms with Crippen molar-refractivity contribution in [2.45, 2.75) is 46.5 Å². The second kappa shape index (κ2) is 8.47. The Labute approximate surface area is 134 Å². The van der Waals surface area contributed by atoms with Crippen molar-refractivity contribution >= 4 is 11.4 Å². The minimum atomic E-state index is 0.804. The number of anilines is 2. The maximum absolute atomic E-state index is 5.75. The first-order chi connectivity index (χ1) is 10.7. The molecule has 0 bridgehead atoms. The Kier molecular flexibility index (Phi) is 6.32. The van der Waals surface area contributed by atoms with Crippen molar-refractivity contribution in [1.82, 2.24) is 0 Å². The number of rotatable bonds is 8. The van der Waals surface area contributed by atoms with Crippen LogP contribution in [0.1, 0.15) is 44.2 Å². The number of para-hydroxylation sites is 1. The van der Waals surface area contributed by atoms with E-state index in [0.717, 1.165) is 30.9 Å². The van der Waals surface area contributed by atoms with E-state index in [9.17, 15) is 0 Å². The van der Waals surface area contributed by atoms with Gasteiger partial charge in [0.05, 0.1) is 6.61 Å². The smallest absolute Gasteiger partial charge is 0.119 e. The van der Waals surface area contributed by atoms with Crippen LogP contribution in [-0.4, -0.2) is 6.61 Å². The highest BCUT2D eigenvalue weighted by Gasteiger charge is 2.04. The van der Waals surface area contributed by atoms with Crippen molar-refractivity contribution in [3.8, 4) is 5.75 Å². The lowest BCUT2D eigenvalue weighted by Gasteiger charge is -2.14. The maximum Gasteiger partial charge on any atom is 0.119 e. The highest BCUT2D eigenvalue weighted by atomic mass is 16.5. The molecule has 0 aliphatic rings. The summed E-state index contributed by atoms with van der Waals surface area (Å²) in [5, 5.41) is 3.54. The van der Waals surface area contributed by atoms with Gasteiger partial charge in [-0.1, -0.05) is 44.9 Å². The van der Waals surface area contributed by atoms with E-state index < -0.39 is 0 Å². The van der Waals surface area contributed by atoms with Crippen LogP contribution in [0.2, 0.25) is 0 Å². The van der Waals surface area contributed by atoms with Crippen LogP contribution in [0.4, 0.5) is 11.4 Å². The van der Waals surface area contributed by atoms with Gasteiger partial charge in [-0.15, -0.1) is 0 Å². The van der Waals surface area contributed by atoms with E-state index in [-0.39, 0.29) is 0 Å². The van der Waals surface area contributed by atoms with Crippen LogP contribution < -0.4 is 10.1 Å². The van der Waals surface area contributed by atoms with E-state index in [1.54, 1.807) is 0 Å². The molecule has 0 fully saturated rings. The maximum atomic E-state index is 5.75. The number of hydrogen-bond acceptors (Lipinski definition) is 2. The molecule has 0 atom stereocenters. The Morgan fingerprint density at radius 2 is 1.73 bits per heavy atom. The fourth-order valence-corrected chi connectivity index (χ4v) is 2.52. The van der Waals surface area contributed by atoms with Gasteiger partial charge in [-0.3, -0.25) is 0 Å². The van der Waals surface area contributed by atoms with Gasteiger partial charge in [-0.05, 0) is 55.2 Å². The quantitative estimate of drug-likeness (QED) is 0.615. The fourth-order valence-electron chi connectivity index (χ4n) is 2.52. The van der Waals surface area contributed by atoms with Crippen molar-refractivity contribution in [2.75, 3.05) is 11.9 Å². The molecular formula is C20H27NO. The predicted octanol–water partition coefficient (Wildman–Crippen LogP) is 5.87. The van der Waals surface area contributed by atoms with Gasteiger partial charge in [-0.2, -0.15) is 0 Å². The summed E-state index contributed by atoms with van der Waals surface area (Å²) >= 11 is 0. The van der Waals surface area contributed by atoms with Gasteiger partial charge >= 0.3 is 0 Å². The standard InChI is InChI=1S/C20H27NO/c1-4-6-7-15-22-19-13-11-18(12-14-19)21-20-16(3)9-8-10-17(20)5-2/h8-14,21H,4-7,15H2,1-3H3. The number of unbranched alkanes of at least 4 members (excludes halogenated alkanes) is 2. The summed E-state index contributed by atoms with van der Waals surface area (Å²) in [5.74, 6) is 0.946. The normalized spacial score (nSPS) is 10.5. The number of aryl methyl sites for hydroxylation is 2. The topological polar surface area (TPSA) is 21.3 Å². The summed E-state index contributed by atoms with van der Waals surface area (Å²) in [4.78, 5) is 0. The Balaban J connectivity index is 2.00. The summed E-state index contributed by atoms with van der Waals surface area (Å²) in [5.41, 5.74) is 4.95. The van der Waals surface area contributed by atoms with Gasteiger partial charge in [0.25, 0.3) is 0 Å². The molecule has 2 nitrogen and oxygen atoms in total. The predicted molar refractivity (Wildman–Crippen MR) is 95.3 cm³/mol. The van der Waals surface area contributed by atoms with Crippen molar-refractivity contribution in [1.29, 1.82) is 0 Å². The van der Waals surface area contributed by atoms with Gasteiger partial charge in [-0.25, -0.2) is 0 Å². The molecular weight excluding hydrogens is 270 g/mol. The number of benzene rings is 2. The molecule has 0 radical (unpaired) electrons. The van der Waals surface area contributed by atoms with Crippen molar-refractivity contribution in [3.63, 3.8) is 0 Å². The Bertz CT molecular complexity index is 575. The van der Waals surface area contributed by atoms with Gasteiger partial charge < -0.3 is 10.1 Å². The molecule has 0 unspecified atom stereocenters. The second-order valence-electron chi connectivity index (χ2n) is 5.67. The monoisotopic (exact) mass is 297 g/mol. The van der Waals surface area contributed by atoms with Crippen LogP contribution in [0, 0.1) is 6.92 Å². The highest BCUT2D eigenvalue weighted by Crippen LogP contribution is 2.26. The highest BCUT2D eigenvalue weighted by molar-refractivity contribution is 5.67. The summed E-state index contributed by atoms with van der Waals surface area (Å²) in [6.07, 6.45) is 4.61. The summed E-state index contributed by atoms with van der Waals surface area (Å²) < 4.78 is 5.75. The van der Waals surface area contributed by atoms with Gasteiger partial charge in [0, 0.05) is 11.4 Å². The SMILES string of the molecule is CCCCCOc1ccc(Nc2c(C)cccc2CC)cc1. The molecule has 2 aromatic rings. The van der Waals surface area contributed by atoms with E-state index >= 15 is 0 Å². The number of ether oxygens (including phenoxy) is 1. The number of hydrogen-bond donors (Lipinski definition) is 1. The van der Waals surface area contributed by atoms with Crippen LogP contribution in [0.25, 0.3) is 0 Å². The molecule has 0 heterocycles. The number of nitrogens with one attached hydrogen (secondary N) is 1. The zero-order chi connectivity index (χ0) is 15.8. The lowest BCUT2D eigenvalue weighted by molar-refractivity contribution is 0.306. The van der Waals surface area contributed by atoms with Crippen molar-refractivity contribution < 1.29 is 4.74 Å². The third-order valence-corrected chi connectivity index (χ3v) is 3.88. The van der Waals surface area contributed by atoms with E-state index in [1.807, 2.05) is 12.1 Å². The molecule has 0 aliphatic heterocycles. The van der Waals surface area contributed by atoms with Crippen molar-refractivity contribution in [2.24, 2.45) is 0 Å². The molecule has 0 spiro atoms. The Morgan fingerprint density at radius 3 is 2.41 bits per heavy atom. The largest absolute Gasteiger partial charge is 0.494 e. The molecule has 2 aromatic carbocycles. The first-order valence-electron chi connectivity index (χ1n) is 8.33. The molecule has 1 N–H and O–H groups in total. The molecule has 0 amide bonds. The third-order valence-electron chi connectivity index (χ3n) is 3.88. The Hall–Kier alpha value is -1.96. The molecule has 2 heteroatoms. The molecule has 2 rings (SSSR count). The van der Waals surface area contributed by atoms with Crippen LogP contribution >= 0.6 is 0 Å². The van der Waals surface area contributed by atoms with Gasteiger partial charge in [0.2, 0.25) is 0 Å². The third kappa shape index (κ3) is 4.52. The molecule has 0 aliphatic carbocycles. The summed E-state index contributed by atoms with van der Waals surface area (Å²) in [6, 6.07) is 14.7. The summed E-state index contributed by atoms with van der Waals surface area (Å²) in [6.45, 7) is 7.34. The minimum Gasteiger partial charge on any atom is -0.494 e. The van der Waals surface area contributed by atoms with Crippen LogP contribution in [-0.2, 0) is 6.42 Å². The average Bonchev–Trinajstić information content (AvgIpc) is 2.55. The van der Waals surface area contributed by atoms with Crippen LogP contribution in [0.15, 0.2) is 42.5 Å². The molecule has 22 heavy (non-hydrogen) atoms. The van der Waals surface area contributed by atoms with E-state index in [1.165, 1.54) is 29.7 Å². The van der Waals surface area contributed by atoms with E-state index in [4.69, 9.17) is 4.74 Å². The van der Waals surface area contributed by atoms with Gasteiger partial charge in [0.15, 0.2) is 0 Å². The Morgan fingerprint density at radius 1 is 0.955 bits per heavy atom. The van der Waals surface area contributed by atoms with E-state index in [0.29, 0.717) is 0 Å². The fraction of sp³-hybridized carbons (Fsp3) is 0.400. The first kappa shape index (κ1) is 16.4. The first-order valence-corrected chi connectivity index (χ1v) is 8.33. The van der Waals surface area contributed by atoms with Crippen LogP contribution in [0.3, 0.4) is 0 Å². The lowest BCUT2D eigenvalue weighted by Crippen LogP contribution is -1.99. The molecule has 0 aromatic heterocycles. The van der Waals surface area contributed by atoms with Crippen LogP contribution in [0.5, 0.6) is 5.75 Å². The lowest BCUT2D eigenvalue weighted by atomic mass is 10.1. The molecule has 0 saturated heterocycles. The van der Waals surface area contributed by atoms with Gasteiger partial charge in [0.1, 0.15) is 5.75 Å². The zero-order valence-electron chi connectivity index (χ0n) is 14.0. The second-order valence-corrected chi connectivity index (χ2v) is 5.67. The van der Waals surface area contributed by atoms with Crippen molar-refractivity contribution in [3.05, 3.63) is 53.6 Å². The molecule has 118 valence electrons. The molecule has 0 saturated carbocycles. The minimum absolute atomic E-state index is 0.804. The zero-order valence-corrected chi connectivity index (χ0v) is 14.0. The average molecular weight is 297 g/mol. The van der Waals surface area contributed by atoms with E-state index in [2.05, 4.69) is 56.4 Å².